The first-order valence-corrected chi connectivity index (χ1v) is 10.7. The molecule has 1 aromatic carbocycles. The van der Waals surface area contributed by atoms with Gasteiger partial charge in [-0.05, 0) is 86.8 Å². The van der Waals surface area contributed by atoms with Crippen LogP contribution in [0.5, 0.6) is 0 Å². The molecule has 150 valence electrons. The van der Waals surface area contributed by atoms with Gasteiger partial charge in [-0.3, -0.25) is 0 Å². The number of fused-ring (bicyclic) bond motifs is 7. The Bertz CT molecular complexity index is 816. The summed E-state index contributed by atoms with van der Waals surface area (Å²) in [4.78, 5) is 12.5. The second-order valence-electron chi connectivity index (χ2n) is 9.98. The SMILES string of the molecule is C=C(C)c1cccc(C(C)(C)NC(=O)OCC2CC3CC2C2C4OC4C[C@@H]32)c1. The number of alkyl carbamates (subject to hydrolysis) is 1. The summed E-state index contributed by atoms with van der Waals surface area (Å²) in [5, 5.41) is 3.05. The van der Waals surface area contributed by atoms with Crippen LogP contribution in [-0.2, 0) is 15.0 Å². The Morgan fingerprint density at radius 3 is 2.89 bits per heavy atom. The Hall–Kier alpha value is -1.81. The molecular formula is C24H31NO3. The third-order valence-corrected chi connectivity index (χ3v) is 7.81. The van der Waals surface area contributed by atoms with Crippen LogP contribution in [0, 0.1) is 29.6 Å². The maximum atomic E-state index is 12.5. The second-order valence-corrected chi connectivity index (χ2v) is 9.98. The number of carbonyl (C=O) groups excluding carboxylic acids is 1. The standard InChI is InChI=1S/C24H31NO3/c1-13(2)14-6-5-7-17(9-14)24(3,4)25-23(26)27-12-16-8-15-10-18(16)21-19(15)11-20-22(21)28-20/h5-7,9,15-16,18-22H,1,8,10-12H2,2-4H3,(H,25,26)/t15?,16?,18?,19-,20?,21?,22?/m0/s1. The Morgan fingerprint density at radius 1 is 1.29 bits per heavy atom. The topological polar surface area (TPSA) is 50.9 Å². The molecule has 4 fully saturated rings. The first kappa shape index (κ1) is 18.2. The summed E-state index contributed by atoms with van der Waals surface area (Å²) in [5.74, 6) is 3.67. The zero-order valence-corrected chi connectivity index (χ0v) is 17.1. The second kappa shape index (κ2) is 6.35. The number of ether oxygens (including phenoxy) is 2. The van der Waals surface area contributed by atoms with Gasteiger partial charge in [-0.1, -0.05) is 30.4 Å². The van der Waals surface area contributed by atoms with Crippen molar-refractivity contribution >= 4 is 11.7 Å². The van der Waals surface area contributed by atoms with Crippen molar-refractivity contribution in [2.75, 3.05) is 6.61 Å². The van der Waals surface area contributed by atoms with Gasteiger partial charge in [0.05, 0.1) is 24.4 Å². The highest BCUT2D eigenvalue weighted by Crippen LogP contribution is 2.65. The van der Waals surface area contributed by atoms with Gasteiger partial charge in [0.15, 0.2) is 0 Å². The number of epoxide rings is 1. The van der Waals surface area contributed by atoms with Crippen molar-refractivity contribution in [1.29, 1.82) is 0 Å². The minimum Gasteiger partial charge on any atom is -0.449 e. The first-order valence-electron chi connectivity index (χ1n) is 10.7. The van der Waals surface area contributed by atoms with Crippen LogP contribution < -0.4 is 5.32 Å². The monoisotopic (exact) mass is 381 g/mol. The number of rotatable bonds is 5. The Kier molecular flexibility index (Phi) is 4.13. The molecule has 2 bridgehead atoms. The molecule has 1 amide bonds. The molecule has 1 aromatic rings. The summed E-state index contributed by atoms with van der Waals surface area (Å²) in [5.41, 5.74) is 2.66. The van der Waals surface area contributed by atoms with E-state index in [1.807, 2.05) is 39.0 Å². The summed E-state index contributed by atoms with van der Waals surface area (Å²) >= 11 is 0. The third-order valence-electron chi connectivity index (χ3n) is 7.81. The Balaban J connectivity index is 1.18. The van der Waals surface area contributed by atoms with Crippen LogP contribution in [0.4, 0.5) is 4.79 Å². The van der Waals surface area contributed by atoms with Crippen molar-refractivity contribution in [3.63, 3.8) is 0 Å². The number of hydrogen-bond acceptors (Lipinski definition) is 3. The number of carbonyl (C=O) groups is 1. The average Bonchev–Trinajstić information content (AvgIpc) is 3.01. The molecule has 4 heteroatoms. The minimum absolute atomic E-state index is 0.322. The lowest BCUT2D eigenvalue weighted by Gasteiger charge is -2.33. The molecular weight excluding hydrogens is 350 g/mol. The number of hydrogen-bond donors (Lipinski definition) is 1. The van der Waals surface area contributed by atoms with E-state index in [1.54, 1.807) is 0 Å². The van der Waals surface area contributed by atoms with Gasteiger partial charge in [0.25, 0.3) is 0 Å². The van der Waals surface area contributed by atoms with Crippen molar-refractivity contribution in [3.8, 4) is 0 Å². The van der Waals surface area contributed by atoms with Crippen LogP contribution in [-0.4, -0.2) is 24.9 Å². The van der Waals surface area contributed by atoms with Crippen LogP contribution in [0.3, 0.4) is 0 Å². The van der Waals surface area contributed by atoms with Gasteiger partial charge in [-0.25, -0.2) is 4.79 Å². The molecule has 1 aliphatic heterocycles. The summed E-state index contributed by atoms with van der Waals surface area (Å²) in [6.07, 6.45) is 4.58. The van der Waals surface area contributed by atoms with Crippen molar-refractivity contribution in [1.82, 2.24) is 5.32 Å². The van der Waals surface area contributed by atoms with E-state index < -0.39 is 5.54 Å². The number of nitrogens with one attached hydrogen (secondary N) is 1. The van der Waals surface area contributed by atoms with Crippen molar-refractivity contribution in [2.45, 2.75) is 57.8 Å². The Labute approximate surface area is 167 Å². The van der Waals surface area contributed by atoms with Crippen molar-refractivity contribution < 1.29 is 14.3 Å². The number of benzene rings is 1. The molecule has 6 unspecified atom stereocenters. The lowest BCUT2D eigenvalue weighted by molar-refractivity contribution is 0.0614. The van der Waals surface area contributed by atoms with Gasteiger partial charge in [0, 0.05) is 0 Å². The lowest BCUT2D eigenvalue weighted by atomic mass is 9.75. The fourth-order valence-corrected chi connectivity index (χ4v) is 6.36. The van der Waals surface area contributed by atoms with E-state index in [2.05, 4.69) is 18.0 Å². The quantitative estimate of drug-likeness (QED) is 0.750. The van der Waals surface area contributed by atoms with E-state index in [0.717, 1.165) is 34.5 Å². The lowest BCUT2D eigenvalue weighted by Crippen LogP contribution is -2.42. The van der Waals surface area contributed by atoms with E-state index in [1.165, 1.54) is 19.3 Å². The molecule has 3 saturated carbocycles. The molecule has 5 rings (SSSR count). The molecule has 1 heterocycles. The van der Waals surface area contributed by atoms with Gasteiger partial charge in [0.1, 0.15) is 0 Å². The normalized spacial score (nSPS) is 37.3. The zero-order valence-electron chi connectivity index (χ0n) is 17.1. The number of amides is 1. The summed E-state index contributed by atoms with van der Waals surface area (Å²) < 4.78 is 11.5. The first-order chi connectivity index (χ1) is 13.3. The fraction of sp³-hybridized carbons (Fsp3) is 0.625. The maximum Gasteiger partial charge on any atom is 0.407 e. The highest BCUT2D eigenvalue weighted by molar-refractivity contribution is 5.69. The minimum atomic E-state index is -0.497. The molecule has 4 aliphatic rings. The molecule has 1 N–H and O–H groups in total. The molecule has 3 aliphatic carbocycles. The van der Waals surface area contributed by atoms with E-state index in [9.17, 15) is 4.79 Å². The van der Waals surface area contributed by atoms with E-state index in [-0.39, 0.29) is 6.09 Å². The van der Waals surface area contributed by atoms with E-state index in [4.69, 9.17) is 9.47 Å². The number of allylic oxidation sites excluding steroid dienone is 1. The van der Waals surface area contributed by atoms with E-state index >= 15 is 0 Å². The highest BCUT2D eigenvalue weighted by atomic mass is 16.6. The third kappa shape index (κ3) is 2.97. The smallest absolute Gasteiger partial charge is 0.407 e. The highest BCUT2D eigenvalue weighted by Gasteiger charge is 2.66. The Morgan fingerprint density at radius 2 is 2.11 bits per heavy atom. The van der Waals surface area contributed by atoms with Gasteiger partial charge >= 0.3 is 6.09 Å². The van der Waals surface area contributed by atoms with Crippen LogP contribution >= 0.6 is 0 Å². The zero-order chi connectivity index (χ0) is 19.6. The van der Waals surface area contributed by atoms with Crippen molar-refractivity contribution in [2.24, 2.45) is 29.6 Å². The summed E-state index contributed by atoms with van der Waals surface area (Å²) in [6.45, 7) is 10.6. The predicted octanol–water partition coefficient (Wildman–Crippen LogP) is 4.74. The molecule has 0 radical (unpaired) electrons. The molecule has 4 nitrogen and oxygen atoms in total. The summed E-state index contributed by atoms with van der Waals surface area (Å²) in [6, 6.07) is 8.17. The molecule has 7 atom stereocenters. The van der Waals surface area contributed by atoms with Crippen molar-refractivity contribution in [3.05, 3.63) is 42.0 Å². The van der Waals surface area contributed by atoms with Gasteiger partial charge in [-0.15, -0.1) is 0 Å². The van der Waals surface area contributed by atoms with Crippen LogP contribution in [0.2, 0.25) is 0 Å². The molecule has 28 heavy (non-hydrogen) atoms. The van der Waals surface area contributed by atoms with Crippen LogP contribution in [0.15, 0.2) is 30.8 Å². The molecule has 0 aromatic heterocycles. The largest absolute Gasteiger partial charge is 0.449 e. The van der Waals surface area contributed by atoms with Gasteiger partial charge in [0.2, 0.25) is 0 Å². The van der Waals surface area contributed by atoms with Crippen LogP contribution in [0.1, 0.15) is 51.2 Å². The van der Waals surface area contributed by atoms with Crippen LogP contribution in [0.25, 0.3) is 5.57 Å². The molecule has 0 spiro atoms. The average molecular weight is 382 g/mol. The van der Waals surface area contributed by atoms with Gasteiger partial charge < -0.3 is 14.8 Å². The summed E-state index contributed by atoms with van der Waals surface area (Å²) in [7, 11) is 0. The molecule has 1 saturated heterocycles. The van der Waals surface area contributed by atoms with E-state index in [0.29, 0.717) is 30.7 Å². The predicted molar refractivity (Wildman–Crippen MR) is 109 cm³/mol. The maximum absolute atomic E-state index is 12.5. The van der Waals surface area contributed by atoms with Gasteiger partial charge in [-0.2, -0.15) is 0 Å². The fourth-order valence-electron chi connectivity index (χ4n) is 6.36.